The fraction of sp³-hybridized carbons (Fsp3) is 0.278. The highest BCUT2D eigenvalue weighted by molar-refractivity contribution is 9.10. The Balaban J connectivity index is 1.60. The molecule has 0 bridgehead atoms. The summed E-state index contributed by atoms with van der Waals surface area (Å²) in [6.45, 7) is 0.634. The number of carbonyl (C=O) groups is 1. The number of benzene rings is 2. The van der Waals surface area contributed by atoms with E-state index >= 15 is 0 Å². The van der Waals surface area contributed by atoms with Gasteiger partial charge in [0, 0.05) is 17.6 Å². The van der Waals surface area contributed by atoms with Crippen molar-refractivity contribution in [3.05, 3.63) is 59.1 Å². The van der Waals surface area contributed by atoms with Crippen LogP contribution < -0.4 is 4.74 Å². The van der Waals surface area contributed by atoms with Gasteiger partial charge in [0.2, 0.25) is 10.0 Å². The van der Waals surface area contributed by atoms with Gasteiger partial charge in [-0.05, 0) is 49.2 Å². The Bertz CT molecular complexity index is 829. The fourth-order valence-electron chi connectivity index (χ4n) is 2.78. The highest BCUT2D eigenvalue weighted by Crippen LogP contribution is 2.25. The number of ether oxygens (including phenoxy) is 1. The molecule has 132 valence electrons. The lowest BCUT2D eigenvalue weighted by Crippen LogP contribution is -2.41. The first kappa shape index (κ1) is 18.1. The molecule has 0 radical (unpaired) electrons. The summed E-state index contributed by atoms with van der Waals surface area (Å²) in [7, 11) is -3.50. The number of hydrogen-bond acceptors (Lipinski definition) is 4. The van der Waals surface area contributed by atoms with Crippen molar-refractivity contribution < 1.29 is 17.9 Å². The Morgan fingerprint density at radius 3 is 2.20 bits per heavy atom. The van der Waals surface area contributed by atoms with Gasteiger partial charge in [0.1, 0.15) is 5.75 Å². The van der Waals surface area contributed by atoms with Gasteiger partial charge in [-0.1, -0.05) is 34.1 Å². The Labute approximate surface area is 155 Å². The standard InChI is InChI=1S/C18H18BrNO4S/c19-15-6-8-16(9-7-15)24-18(21)14-10-12-20(13-11-14)25(22,23)17-4-2-1-3-5-17/h1-9,14H,10-13H2. The van der Waals surface area contributed by atoms with E-state index in [9.17, 15) is 13.2 Å². The van der Waals surface area contributed by atoms with Crippen molar-refractivity contribution in [1.29, 1.82) is 0 Å². The van der Waals surface area contributed by atoms with Crippen molar-refractivity contribution in [3.8, 4) is 5.75 Å². The maximum absolute atomic E-state index is 12.6. The summed E-state index contributed by atoms with van der Waals surface area (Å²) >= 11 is 3.33. The van der Waals surface area contributed by atoms with Gasteiger partial charge in [-0.3, -0.25) is 4.79 Å². The molecule has 2 aromatic carbocycles. The molecule has 1 heterocycles. The second-order valence-electron chi connectivity index (χ2n) is 5.87. The largest absolute Gasteiger partial charge is 0.426 e. The first-order chi connectivity index (χ1) is 12.0. The van der Waals surface area contributed by atoms with Crippen molar-refractivity contribution >= 4 is 31.9 Å². The van der Waals surface area contributed by atoms with E-state index in [0.29, 0.717) is 31.7 Å². The summed E-state index contributed by atoms with van der Waals surface area (Å²) in [5.74, 6) is -0.0995. The molecule has 0 saturated carbocycles. The van der Waals surface area contributed by atoms with Crippen LogP contribution in [0.1, 0.15) is 12.8 Å². The van der Waals surface area contributed by atoms with Gasteiger partial charge >= 0.3 is 5.97 Å². The Kier molecular flexibility index (Phi) is 5.56. The lowest BCUT2D eigenvalue weighted by molar-refractivity contribution is -0.140. The third-order valence-electron chi connectivity index (χ3n) is 4.20. The summed E-state index contributed by atoms with van der Waals surface area (Å²) in [6.07, 6.45) is 0.919. The van der Waals surface area contributed by atoms with E-state index in [1.165, 1.54) is 4.31 Å². The number of sulfonamides is 1. The first-order valence-electron chi connectivity index (χ1n) is 7.99. The van der Waals surface area contributed by atoms with E-state index in [1.54, 1.807) is 54.6 Å². The fourth-order valence-corrected chi connectivity index (χ4v) is 4.53. The second kappa shape index (κ2) is 7.68. The van der Waals surface area contributed by atoms with Crippen LogP contribution in [-0.2, 0) is 14.8 Å². The van der Waals surface area contributed by atoms with E-state index < -0.39 is 10.0 Å². The molecular weight excluding hydrogens is 406 g/mol. The Morgan fingerprint density at radius 2 is 1.60 bits per heavy atom. The van der Waals surface area contributed by atoms with Crippen LogP contribution in [0, 0.1) is 5.92 Å². The van der Waals surface area contributed by atoms with E-state index in [4.69, 9.17) is 4.74 Å². The van der Waals surface area contributed by atoms with E-state index in [0.717, 1.165) is 4.47 Å². The molecule has 2 aromatic rings. The minimum Gasteiger partial charge on any atom is -0.426 e. The monoisotopic (exact) mass is 423 g/mol. The van der Waals surface area contributed by atoms with Crippen molar-refractivity contribution in [2.24, 2.45) is 5.92 Å². The molecule has 0 aliphatic carbocycles. The molecule has 0 unspecified atom stereocenters. The van der Waals surface area contributed by atoms with Crippen LogP contribution >= 0.6 is 15.9 Å². The maximum atomic E-state index is 12.6. The lowest BCUT2D eigenvalue weighted by Gasteiger charge is -2.30. The van der Waals surface area contributed by atoms with Crippen molar-refractivity contribution in [2.75, 3.05) is 13.1 Å². The molecule has 0 atom stereocenters. The third kappa shape index (κ3) is 4.29. The Morgan fingerprint density at radius 1 is 1.00 bits per heavy atom. The SMILES string of the molecule is O=C(Oc1ccc(Br)cc1)C1CCN(S(=O)(=O)c2ccccc2)CC1. The summed E-state index contributed by atoms with van der Waals surface area (Å²) in [6, 6.07) is 15.4. The van der Waals surface area contributed by atoms with Gasteiger partial charge in [0.05, 0.1) is 10.8 Å². The number of rotatable bonds is 4. The molecule has 1 aliphatic rings. The molecule has 0 N–H and O–H groups in total. The van der Waals surface area contributed by atoms with Gasteiger partial charge in [0.15, 0.2) is 0 Å². The maximum Gasteiger partial charge on any atom is 0.314 e. The topological polar surface area (TPSA) is 63.7 Å². The molecule has 5 nitrogen and oxygen atoms in total. The van der Waals surface area contributed by atoms with Crippen LogP contribution in [0.5, 0.6) is 5.75 Å². The summed E-state index contributed by atoms with van der Waals surface area (Å²) in [5, 5.41) is 0. The molecule has 25 heavy (non-hydrogen) atoms. The third-order valence-corrected chi connectivity index (χ3v) is 6.64. The number of nitrogens with zero attached hydrogens (tertiary/aromatic N) is 1. The number of esters is 1. The van der Waals surface area contributed by atoms with Gasteiger partial charge < -0.3 is 4.74 Å². The normalized spacial score (nSPS) is 16.5. The molecule has 0 aromatic heterocycles. The quantitative estimate of drug-likeness (QED) is 0.557. The zero-order chi connectivity index (χ0) is 17.9. The average molecular weight is 424 g/mol. The van der Waals surface area contributed by atoms with Crippen LogP contribution in [0.15, 0.2) is 64.0 Å². The van der Waals surface area contributed by atoms with E-state index in [1.807, 2.05) is 0 Å². The molecule has 0 spiro atoms. The van der Waals surface area contributed by atoms with Crippen molar-refractivity contribution in [1.82, 2.24) is 4.31 Å². The molecule has 1 aliphatic heterocycles. The van der Waals surface area contributed by atoms with Crippen molar-refractivity contribution in [2.45, 2.75) is 17.7 Å². The molecular formula is C18H18BrNO4S. The average Bonchev–Trinajstić information content (AvgIpc) is 2.64. The molecule has 0 amide bonds. The predicted molar refractivity (Wildman–Crippen MR) is 97.7 cm³/mol. The predicted octanol–water partition coefficient (Wildman–Crippen LogP) is 3.46. The zero-order valence-electron chi connectivity index (χ0n) is 13.5. The first-order valence-corrected chi connectivity index (χ1v) is 10.2. The van der Waals surface area contributed by atoms with E-state index in [2.05, 4.69) is 15.9 Å². The summed E-state index contributed by atoms with van der Waals surface area (Å²) in [4.78, 5) is 12.6. The van der Waals surface area contributed by atoms with Crippen LogP contribution in [-0.4, -0.2) is 31.8 Å². The smallest absolute Gasteiger partial charge is 0.314 e. The number of piperidine rings is 1. The van der Waals surface area contributed by atoms with Crippen LogP contribution in [0.25, 0.3) is 0 Å². The van der Waals surface area contributed by atoms with Crippen LogP contribution in [0.4, 0.5) is 0 Å². The van der Waals surface area contributed by atoms with Gasteiger partial charge in [-0.15, -0.1) is 0 Å². The van der Waals surface area contributed by atoms with Crippen LogP contribution in [0.3, 0.4) is 0 Å². The van der Waals surface area contributed by atoms with Gasteiger partial charge in [0.25, 0.3) is 0 Å². The number of halogens is 1. The Hall–Kier alpha value is -1.70. The number of carbonyl (C=O) groups excluding carboxylic acids is 1. The van der Waals surface area contributed by atoms with Gasteiger partial charge in [-0.2, -0.15) is 4.31 Å². The highest BCUT2D eigenvalue weighted by atomic mass is 79.9. The molecule has 1 fully saturated rings. The molecule has 1 saturated heterocycles. The minimum absolute atomic E-state index is 0.283. The van der Waals surface area contributed by atoms with Gasteiger partial charge in [-0.25, -0.2) is 8.42 Å². The zero-order valence-corrected chi connectivity index (χ0v) is 15.9. The van der Waals surface area contributed by atoms with Crippen LogP contribution in [0.2, 0.25) is 0 Å². The molecule has 7 heteroatoms. The van der Waals surface area contributed by atoms with Crippen molar-refractivity contribution in [3.63, 3.8) is 0 Å². The highest BCUT2D eigenvalue weighted by Gasteiger charge is 2.32. The molecule has 3 rings (SSSR count). The summed E-state index contributed by atoms with van der Waals surface area (Å²) in [5.41, 5.74) is 0. The van der Waals surface area contributed by atoms with E-state index in [-0.39, 0.29) is 16.8 Å². The minimum atomic E-state index is -3.50. The lowest BCUT2D eigenvalue weighted by atomic mass is 9.98. The number of hydrogen-bond donors (Lipinski definition) is 0. The second-order valence-corrected chi connectivity index (χ2v) is 8.72. The summed E-state index contributed by atoms with van der Waals surface area (Å²) < 4.78 is 32.9.